The third-order valence-corrected chi connectivity index (χ3v) is 4.19. The van der Waals surface area contributed by atoms with Crippen molar-refractivity contribution in [1.29, 1.82) is 0 Å². The van der Waals surface area contributed by atoms with Crippen molar-refractivity contribution in [3.05, 3.63) is 26.8 Å². The molecule has 1 aromatic rings. The summed E-state index contributed by atoms with van der Waals surface area (Å²) >= 11 is 2.34. The van der Waals surface area contributed by atoms with Gasteiger partial charge in [-0.25, -0.2) is 4.79 Å². The predicted molar refractivity (Wildman–Crippen MR) is 80.5 cm³/mol. The third-order valence-electron chi connectivity index (χ3n) is 3.32. The first-order chi connectivity index (χ1) is 8.49. The summed E-state index contributed by atoms with van der Waals surface area (Å²) in [4.78, 5) is 14.6. The predicted octanol–water partition coefficient (Wildman–Crippen LogP) is 2.44. The molecule has 1 aliphatic heterocycles. The van der Waals surface area contributed by atoms with Gasteiger partial charge in [0, 0.05) is 36.4 Å². The fourth-order valence-electron chi connectivity index (χ4n) is 2.27. The summed E-state index contributed by atoms with van der Waals surface area (Å²) in [6.07, 6.45) is 0.801. The van der Waals surface area contributed by atoms with Crippen molar-refractivity contribution in [2.45, 2.75) is 12.8 Å². The van der Waals surface area contributed by atoms with Gasteiger partial charge in [0.2, 0.25) is 0 Å². The Morgan fingerprint density at radius 2 is 1.83 bits per heavy atom. The molecule has 0 radical (unpaired) electrons. The van der Waals surface area contributed by atoms with Crippen LogP contribution in [-0.4, -0.2) is 43.3 Å². The Hall–Kier alpha value is -0.980. The molecule has 0 fully saturated rings. The second-order valence-electron chi connectivity index (χ2n) is 4.74. The Morgan fingerprint density at radius 1 is 1.28 bits per heavy atom. The van der Waals surface area contributed by atoms with Crippen LogP contribution in [0.5, 0.6) is 0 Å². The Kier molecular flexibility index (Phi) is 3.99. The number of nitrogens with zero attached hydrogens (tertiary/aromatic N) is 2. The average molecular weight is 360 g/mol. The van der Waals surface area contributed by atoms with E-state index in [0.29, 0.717) is 13.1 Å². The van der Waals surface area contributed by atoms with Crippen LogP contribution < -0.4 is 4.90 Å². The fourth-order valence-corrected chi connectivity index (χ4v) is 3.28. The van der Waals surface area contributed by atoms with Gasteiger partial charge in [-0.3, -0.25) is 0 Å². The highest BCUT2D eigenvalue weighted by Gasteiger charge is 2.19. The number of hydrogen-bond donors (Lipinski definition) is 1. The van der Waals surface area contributed by atoms with Gasteiger partial charge in [0.25, 0.3) is 0 Å². The van der Waals surface area contributed by atoms with Crippen LogP contribution in [0.3, 0.4) is 0 Å². The van der Waals surface area contributed by atoms with Crippen molar-refractivity contribution in [1.82, 2.24) is 4.90 Å². The number of anilines is 1. The molecule has 0 aromatic heterocycles. The summed E-state index contributed by atoms with van der Waals surface area (Å²) in [6, 6.07) is 4.39. The zero-order valence-electron chi connectivity index (χ0n) is 10.6. The van der Waals surface area contributed by atoms with Crippen LogP contribution in [0.2, 0.25) is 0 Å². The Morgan fingerprint density at radius 3 is 2.33 bits per heavy atom. The minimum Gasteiger partial charge on any atom is -0.465 e. The summed E-state index contributed by atoms with van der Waals surface area (Å²) in [7, 11) is 4.06. The number of rotatable bonds is 1. The maximum absolute atomic E-state index is 11.0. The molecule has 18 heavy (non-hydrogen) atoms. The van der Waals surface area contributed by atoms with E-state index in [1.54, 1.807) is 0 Å². The first-order valence-corrected chi connectivity index (χ1v) is 7.03. The maximum atomic E-state index is 11.0. The molecule has 0 unspecified atom stereocenters. The van der Waals surface area contributed by atoms with E-state index in [9.17, 15) is 4.79 Å². The highest BCUT2D eigenvalue weighted by Crippen LogP contribution is 2.27. The lowest BCUT2D eigenvalue weighted by Crippen LogP contribution is -2.31. The summed E-state index contributed by atoms with van der Waals surface area (Å²) in [5.41, 5.74) is 3.77. The van der Waals surface area contributed by atoms with Gasteiger partial charge in [0.15, 0.2) is 0 Å². The number of hydrogen-bond acceptors (Lipinski definition) is 2. The number of carbonyl (C=O) groups is 1. The lowest BCUT2D eigenvalue weighted by Gasteiger charge is -2.17. The molecule has 5 heteroatoms. The number of amides is 1. The molecule has 0 atom stereocenters. The van der Waals surface area contributed by atoms with Crippen LogP contribution in [0, 0.1) is 3.57 Å². The van der Waals surface area contributed by atoms with E-state index in [-0.39, 0.29) is 0 Å². The fraction of sp³-hybridized carbons (Fsp3) is 0.462. The molecule has 1 amide bonds. The van der Waals surface area contributed by atoms with Crippen LogP contribution in [-0.2, 0) is 12.8 Å². The van der Waals surface area contributed by atoms with Crippen LogP contribution in [0.4, 0.5) is 10.5 Å². The molecule has 0 saturated carbocycles. The van der Waals surface area contributed by atoms with Crippen molar-refractivity contribution in [3.8, 4) is 0 Å². The number of benzene rings is 1. The molecule has 0 spiro atoms. The number of fused-ring (bicyclic) bond motifs is 1. The smallest absolute Gasteiger partial charge is 0.407 e. The van der Waals surface area contributed by atoms with Crippen molar-refractivity contribution in [3.63, 3.8) is 0 Å². The first-order valence-electron chi connectivity index (χ1n) is 5.95. The Labute approximate surface area is 121 Å². The van der Waals surface area contributed by atoms with E-state index in [2.05, 4.69) is 39.6 Å². The molecule has 0 bridgehead atoms. The van der Waals surface area contributed by atoms with E-state index < -0.39 is 6.09 Å². The molecular formula is C13H17IN2O2. The quantitative estimate of drug-likeness (QED) is 0.783. The van der Waals surface area contributed by atoms with Gasteiger partial charge >= 0.3 is 6.09 Å². The van der Waals surface area contributed by atoms with Gasteiger partial charge in [-0.05, 0) is 58.7 Å². The molecule has 1 heterocycles. The summed E-state index contributed by atoms with van der Waals surface area (Å²) in [5, 5.41) is 9.06. The van der Waals surface area contributed by atoms with E-state index in [1.165, 1.54) is 25.3 Å². The molecule has 98 valence electrons. The zero-order valence-corrected chi connectivity index (χ0v) is 12.8. The Bertz CT molecular complexity index is 474. The van der Waals surface area contributed by atoms with E-state index in [1.807, 2.05) is 14.1 Å². The van der Waals surface area contributed by atoms with Crippen molar-refractivity contribution in [2.75, 3.05) is 32.1 Å². The molecule has 1 N–H and O–H groups in total. The lowest BCUT2D eigenvalue weighted by molar-refractivity contribution is 0.147. The van der Waals surface area contributed by atoms with Gasteiger partial charge in [-0.2, -0.15) is 0 Å². The minimum atomic E-state index is -0.815. The van der Waals surface area contributed by atoms with Gasteiger partial charge in [-0.1, -0.05) is 0 Å². The topological polar surface area (TPSA) is 43.8 Å². The average Bonchev–Trinajstić information content (AvgIpc) is 2.49. The van der Waals surface area contributed by atoms with E-state index >= 15 is 0 Å². The molecule has 1 aliphatic rings. The molecular weight excluding hydrogens is 343 g/mol. The maximum Gasteiger partial charge on any atom is 0.407 e. The van der Waals surface area contributed by atoms with E-state index in [4.69, 9.17) is 5.11 Å². The molecule has 2 rings (SSSR count). The molecule has 4 nitrogen and oxygen atoms in total. The zero-order chi connectivity index (χ0) is 13.3. The van der Waals surface area contributed by atoms with Crippen LogP contribution >= 0.6 is 22.6 Å². The summed E-state index contributed by atoms with van der Waals surface area (Å²) < 4.78 is 1.22. The van der Waals surface area contributed by atoms with Crippen molar-refractivity contribution < 1.29 is 9.90 Å². The van der Waals surface area contributed by atoms with Gasteiger partial charge in [0.05, 0.1) is 0 Å². The second-order valence-corrected chi connectivity index (χ2v) is 5.90. The van der Waals surface area contributed by atoms with Gasteiger partial charge in [0.1, 0.15) is 0 Å². The summed E-state index contributed by atoms with van der Waals surface area (Å²) in [5.74, 6) is 0. The molecule has 0 aliphatic carbocycles. The molecule has 1 aromatic carbocycles. The number of halogens is 1. The highest BCUT2D eigenvalue weighted by atomic mass is 127. The SMILES string of the molecule is CN(C)c1cc2c(cc1I)CCN(C(=O)O)CC2. The second kappa shape index (κ2) is 5.34. The Balaban J connectivity index is 2.31. The molecule has 0 saturated heterocycles. The van der Waals surface area contributed by atoms with Crippen LogP contribution in [0.15, 0.2) is 12.1 Å². The monoisotopic (exact) mass is 360 g/mol. The van der Waals surface area contributed by atoms with Gasteiger partial charge in [-0.15, -0.1) is 0 Å². The first kappa shape index (κ1) is 13.5. The van der Waals surface area contributed by atoms with Crippen molar-refractivity contribution >= 4 is 34.4 Å². The standard InChI is InChI=1S/C13H17IN2O2/c1-15(2)12-8-10-4-6-16(13(17)18)5-3-9(10)7-11(12)14/h7-8H,3-6H2,1-2H3,(H,17,18). The summed E-state index contributed by atoms with van der Waals surface area (Å²) in [6.45, 7) is 1.19. The largest absolute Gasteiger partial charge is 0.465 e. The lowest BCUT2D eigenvalue weighted by atomic mass is 10.0. The minimum absolute atomic E-state index is 0.593. The number of carboxylic acid groups (broad SMARTS) is 1. The third kappa shape index (κ3) is 2.71. The van der Waals surface area contributed by atoms with Crippen LogP contribution in [0.25, 0.3) is 0 Å². The highest BCUT2D eigenvalue weighted by molar-refractivity contribution is 14.1. The van der Waals surface area contributed by atoms with Crippen molar-refractivity contribution in [2.24, 2.45) is 0 Å². The van der Waals surface area contributed by atoms with Gasteiger partial charge < -0.3 is 14.9 Å². The normalized spacial score (nSPS) is 14.9. The van der Waals surface area contributed by atoms with E-state index in [0.717, 1.165) is 12.8 Å². The van der Waals surface area contributed by atoms with Crippen LogP contribution in [0.1, 0.15) is 11.1 Å².